The normalized spacial score (nSPS) is 21.3. The first-order valence-electron chi connectivity index (χ1n) is 6.34. The number of carbonyl (C=O) groups excluding carboxylic acids is 1. The number of carboxylic acid groups (broad SMARTS) is 1. The zero-order chi connectivity index (χ0) is 14.9. The number of H-pyrrole nitrogens is 1. The van der Waals surface area contributed by atoms with Gasteiger partial charge in [-0.3, -0.25) is 9.89 Å². The Kier molecular flexibility index (Phi) is 3.46. The lowest BCUT2D eigenvalue weighted by Gasteiger charge is -2.23. The molecule has 2 aromatic rings. The van der Waals surface area contributed by atoms with Crippen LogP contribution in [-0.4, -0.2) is 44.2 Å². The minimum Gasteiger partial charge on any atom is -0.479 e. The summed E-state index contributed by atoms with van der Waals surface area (Å²) >= 11 is 1.51. The van der Waals surface area contributed by atoms with Crippen molar-refractivity contribution < 1.29 is 19.1 Å². The van der Waals surface area contributed by atoms with E-state index in [1.807, 2.05) is 0 Å². The highest BCUT2D eigenvalue weighted by atomic mass is 32.2. The fourth-order valence-electron chi connectivity index (χ4n) is 2.16. The Morgan fingerprint density at radius 3 is 3.00 bits per heavy atom. The lowest BCUT2D eigenvalue weighted by Crippen LogP contribution is -2.54. The van der Waals surface area contributed by atoms with Gasteiger partial charge < -0.3 is 14.8 Å². The number of hydrogen-bond donors (Lipinski definition) is 3. The molecular formula is C13H13N3O4S. The lowest BCUT2D eigenvalue weighted by atomic mass is 9.99. The van der Waals surface area contributed by atoms with Gasteiger partial charge in [0.1, 0.15) is 11.2 Å². The summed E-state index contributed by atoms with van der Waals surface area (Å²) in [7, 11) is 0. The van der Waals surface area contributed by atoms with Crippen molar-refractivity contribution in [1.82, 2.24) is 15.5 Å². The summed E-state index contributed by atoms with van der Waals surface area (Å²) in [5, 5.41) is 18.5. The fraction of sp³-hybridized carbons (Fsp3) is 0.308. The summed E-state index contributed by atoms with van der Waals surface area (Å²) in [5.74, 6) is 0.122. The molecule has 0 saturated carbocycles. The molecule has 1 aliphatic rings. The van der Waals surface area contributed by atoms with Gasteiger partial charge in [0, 0.05) is 11.8 Å². The molecule has 1 atom stereocenters. The van der Waals surface area contributed by atoms with Crippen molar-refractivity contribution in [3.63, 3.8) is 0 Å². The van der Waals surface area contributed by atoms with Crippen molar-refractivity contribution in [2.45, 2.75) is 12.0 Å². The highest BCUT2D eigenvalue weighted by molar-refractivity contribution is 7.99. The minimum absolute atomic E-state index is 0.138. The molecule has 0 bridgehead atoms. The van der Waals surface area contributed by atoms with Crippen LogP contribution in [0.1, 0.15) is 16.9 Å². The van der Waals surface area contributed by atoms with E-state index >= 15 is 0 Å². The number of aliphatic carboxylic acids is 1. The molecule has 3 rings (SSSR count). The fourth-order valence-corrected chi connectivity index (χ4v) is 3.49. The molecule has 0 aromatic carbocycles. The molecule has 1 unspecified atom stereocenters. The topological polar surface area (TPSA) is 108 Å². The molecule has 1 fully saturated rings. The summed E-state index contributed by atoms with van der Waals surface area (Å²) in [4.78, 5) is 23.6. The second-order valence-corrected chi connectivity index (χ2v) is 5.89. The van der Waals surface area contributed by atoms with Gasteiger partial charge in [0.05, 0.1) is 6.26 Å². The highest BCUT2D eigenvalue weighted by Crippen LogP contribution is 2.28. The number of aromatic nitrogens is 2. The Hall–Kier alpha value is -2.22. The van der Waals surface area contributed by atoms with Crippen molar-refractivity contribution in [2.75, 3.05) is 11.5 Å². The first-order chi connectivity index (χ1) is 10.1. The lowest BCUT2D eigenvalue weighted by molar-refractivity contribution is -0.143. The molecule has 3 N–H and O–H groups in total. The molecule has 1 amide bonds. The third-order valence-electron chi connectivity index (χ3n) is 3.38. The third-order valence-corrected chi connectivity index (χ3v) is 4.57. The Balaban J connectivity index is 1.78. The molecule has 21 heavy (non-hydrogen) atoms. The Bertz CT molecular complexity index is 659. The molecule has 1 aliphatic heterocycles. The van der Waals surface area contributed by atoms with Gasteiger partial charge in [-0.1, -0.05) is 0 Å². The van der Waals surface area contributed by atoms with Crippen LogP contribution >= 0.6 is 11.8 Å². The maximum atomic E-state index is 12.2. The number of nitrogens with one attached hydrogen (secondary N) is 2. The van der Waals surface area contributed by atoms with Gasteiger partial charge in [0.15, 0.2) is 11.5 Å². The number of rotatable bonds is 4. The number of thioether (sulfide) groups is 1. The number of hydrogen-bond acceptors (Lipinski definition) is 5. The van der Waals surface area contributed by atoms with Crippen LogP contribution in [-0.2, 0) is 4.79 Å². The van der Waals surface area contributed by atoms with E-state index in [0.29, 0.717) is 29.4 Å². The molecule has 8 heteroatoms. The van der Waals surface area contributed by atoms with Gasteiger partial charge in [-0.15, -0.1) is 0 Å². The van der Waals surface area contributed by atoms with Crippen molar-refractivity contribution in [1.29, 1.82) is 0 Å². The minimum atomic E-state index is -1.20. The van der Waals surface area contributed by atoms with Crippen molar-refractivity contribution in [2.24, 2.45) is 0 Å². The van der Waals surface area contributed by atoms with Crippen molar-refractivity contribution in [3.8, 4) is 11.5 Å². The second kappa shape index (κ2) is 5.28. The number of nitrogens with zero attached hydrogens (tertiary/aromatic N) is 1. The molecule has 3 heterocycles. The van der Waals surface area contributed by atoms with Crippen LogP contribution in [0.4, 0.5) is 0 Å². The monoisotopic (exact) mass is 307 g/mol. The standard InChI is InChI=1S/C13H13N3O4S/c17-11(14-13(12(18)19)3-5-21-7-13)9-6-8(15-16-9)10-2-1-4-20-10/h1-2,4,6H,3,5,7H2,(H,14,17)(H,15,16)(H,18,19). The zero-order valence-corrected chi connectivity index (χ0v) is 11.8. The summed E-state index contributed by atoms with van der Waals surface area (Å²) in [5.41, 5.74) is -0.500. The molecule has 1 saturated heterocycles. The van der Waals surface area contributed by atoms with Gasteiger partial charge in [-0.05, 0) is 24.3 Å². The van der Waals surface area contributed by atoms with Gasteiger partial charge >= 0.3 is 5.97 Å². The van der Waals surface area contributed by atoms with E-state index in [0.717, 1.165) is 0 Å². The van der Waals surface area contributed by atoms with Crippen LogP contribution in [0.2, 0.25) is 0 Å². The van der Waals surface area contributed by atoms with Crippen LogP contribution in [0.5, 0.6) is 0 Å². The SMILES string of the molecule is O=C(NC1(C(=O)O)CCSC1)c1cc(-c2ccco2)[nH]n1. The quantitative estimate of drug-likeness (QED) is 0.787. The summed E-state index contributed by atoms with van der Waals surface area (Å²) in [6, 6.07) is 5.00. The number of amides is 1. The van der Waals surface area contributed by atoms with Crippen molar-refractivity contribution >= 4 is 23.6 Å². The number of furan rings is 1. The molecule has 7 nitrogen and oxygen atoms in total. The van der Waals surface area contributed by atoms with Crippen molar-refractivity contribution in [3.05, 3.63) is 30.2 Å². The third kappa shape index (κ3) is 2.54. The highest BCUT2D eigenvalue weighted by Gasteiger charge is 2.43. The first-order valence-corrected chi connectivity index (χ1v) is 7.49. The Labute approximate surface area is 124 Å². The molecule has 0 aliphatic carbocycles. The van der Waals surface area contributed by atoms with Crippen LogP contribution in [0, 0.1) is 0 Å². The van der Waals surface area contributed by atoms with Gasteiger partial charge in [0.25, 0.3) is 5.91 Å². The zero-order valence-electron chi connectivity index (χ0n) is 11.0. The first kappa shape index (κ1) is 13.7. The molecule has 110 valence electrons. The number of carbonyl (C=O) groups is 2. The number of carboxylic acids is 1. The van der Waals surface area contributed by atoms with Crippen LogP contribution in [0.25, 0.3) is 11.5 Å². The maximum Gasteiger partial charge on any atom is 0.330 e. The van der Waals surface area contributed by atoms with Gasteiger partial charge in [-0.25, -0.2) is 4.79 Å². The van der Waals surface area contributed by atoms with Gasteiger partial charge in [0.2, 0.25) is 0 Å². The largest absolute Gasteiger partial charge is 0.479 e. The predicted octanol–water partition coefficient (Wildman–Crippen LogP) is 1.36. The van der Waals surface area contributed by atoms with E-state index in [1.165, 1.54) is 24.1 Å². The average Bonchev–Trinajstić information content (AvgIpc) is 3.20. The van der Waals surface area contributed by atoms with Crippen LogP contribution in [0.15, 0.2) is 28.9 Å². The van der Waals surface area contributed by atoms with Crippen LogP contribution < -0.4 is 5.32 Å². The van der Waals surface area contributed by atoms with E-state index in [4.69, 9.17) is 4.42 Å². The summed E-state index contributed by atoms with van der Waals surface area (Å²) in [6.07, 6.45) is 1.93. The second-order valence-electron chi connectivity index (χ2n) is 4.79. The summed E-state index contributed by atoms with van der Waals surface area (Å²) < 4.78 is 5.20. The molecular weight excluding hydrogens is 294 g/mol. The Morgan fingerprint density at radius 1 is 1.52 bits per heavy atom. The maximum absolute atomic E-state index is 12.2. The van der Waals surface area contributed by atoms with E-state index < -0.39 is 17.4 Å². The van der Waals surface area contributed by atoms with E-state index in [9.17, 15) is 14.7 Å². The Morgan fingerprint density at radius 2 is 2.38 bits per heavy atom. The molecule has 2 aromatic heterocycles. The van der Waals surface area contributed by atoms with E-state index in [2.05, 4.69) is 15.5 Å². The predicted molar refractivity (Wildman–Crippen MR) is 76.1 cm³/mol. The van der Waals surface area contributed by atoms with Crippen LogP contribution in [0.3, 0.4) is 0 Å². The summed E-state index contributed by atoms with van der Waals surface area (Å²) in [6.45, 7) is 0. The molecule has 0 spiro atoms. The van der Waals surface area contributed by atoms with Gasteiger partial charge in [-0.2, -0.15) is 16.9 Å². The average molecular weight is 307 g/mol. The molecule has 0 radical (unpaired) electrons. The smallest absolute Gasteiger partial charge is 0.330 e. The van der Waals surface area contributed by atoms with E-state index in [1.54, 1.807) is 12.1 Å². The number of aromatic amines is 1. The van der Waals surface area contributed by atoms with E-state index in [-0.39, 0.29) is 5.69 Å².